The molecule has 1 saturated heterocycles. The zero-order valence-corrected chi connectivity index (χ0v) is 13.8. The fraction of sp³-hybridized carbons (Fsp3) is 0.667. The summed E-state index contributed by atoms with van der Waals surface area (Å²) in [5.41, 5.74) is 0.0717. The van der Waals surface area contributed by atoms with Crippen molar-refractivity contribution in [3.63, 3.8) is 0 Å². The summed E-state index contributed by atoms with van der Waals surface area (Å²) in [5.74, 6) is -0.490. The van der Waals surface area contributed by atoms with E-state index in [1.165, 1.54) is 6.07 Å². The van der Waals surface area contributed by atoms with Crippen LogP contribution in [0.5, 0.6) is 0 Å². The fourth-order valence-electron chi connectivity index (χ4n) is 3.10. The molecule has 0 spiro atoms. The van der Waals surface area contributed by atoms with Crippen LogP contribution in [0.1, 0.15) is 33.0 Å². The van der Waals surface area contributed by atoms with Crippen LogP contribution in [-0.4, -0.2) is 39.1 Å². The molecule has 9 heteroatoms. The quantitative estimate of drug-likeness (QED) is 0.928. The summed E-state index contributed by atoms with van der Waals surface area (Å²) in [4.78, 5) is 0. The largest absolute Gasteiger partial charge is 0.453 e. The van der Waals surface area contributed by atoms with Crippen molar-refractivity contribution in [2.75, 3.05) is 18.5 Å². The van der Waals surface area contributed by atoms with Crippen LogP contribution in [0.25, 0.3) is 5.65 Å². The van der Waals surface area contributed by atoms with E-state index >= 15 is 0 Å². The number of fused-ring (bicyclic) bond motifs is 1. The Morgan fingerprint density at radius 3 is 2.67 bits per heavy atom. The van der Waals surface area contributed by atoms with E-state index in [0.717, 1.165) is 6.42 Å². The Labute approximate surface area is 137 Å². The summed E-state index contributed by atoms with van der Waals surface area (Å²) in [6.45, 7) is 7.64. The second-order valence-electron chi connectivity index (χ2n) is 7.10. The molecule has 132 valence electrons. The lowest BCUT2D eigenvalue weighted by Crippen LogP contribution is -2.34. The molecule has 1 N–H and O–H groups in total. The predicted molar refractivity (Wildman–Crippen MR) is 81.6 cm³/mol. The first kappa shape index (κ1) is 16.9. The van der Waals surface area contributed by atoms with Gasteiger partial charge in [-0.1, -0.05) is 20.8 Å². The lowest BCUT2D eigenvalue weighted by atomic mass is 9.81. The van der Waals surface area contributed by atoms with Crippen LogP contribution in [0, 0.1) is 11.3 Å². The molecule has 0 aliphatic carbocycles. The van der Waals surface area contributed by atoms with Gasteiger partial charge in [0.05, 0.1) is 6.10 Å². The van der Waals surface area contributed by atoms with Gasteiger partial charge in [-0.05, 0) is 24.0 Å². The number of hydrogen-bond donors (Lipinski definition) is 1. The van der Waals surface area contributed by atoms with Gasteiger partial charge in [0.2, 0.25) is 0 Å². The first-order valence-electron chi connectivity index (χ1n) is 7.81. The monoisotopic (exact) mass is 343 g/mol. The van der Waals surface area contributed by atoms with Gasteiger partial charge in [-0.15, -0.1) is 15.3 Å². The highest BCUT2D eigenvalue weighted by Gasteiger charge is 2.38. The van der Waals surface area contributed by atoms with Gasteiger partial charge in [0.1, 0.15) is 5.82 Å². The van der Waals surface area contributed by atoms with Gasteiger partial charge in [0.15, 0.2) is 5.65 Å². The summed E-state index contributed by atoms with van der Waals surface area (Å²) in [7, 11) is 0. The van der Waals surface area contributed by atoms with Crippen molar-refractivity contribution in [1.82, 2.24) is 19.8 Å². The minimum absolute atomic E-state index is 0.0119. The van der Waals surface area contributed by atoms with Crippen molar-refractivity contribution < 1.29 is 17.9 Å². The van der Waals surface area contributed by atoms with Crippen molar-refractivity contribution >= 4 is 11.5 Å². The third kappa shape index (κ3) is 3.31. The molecule has 3 rings (SSSR count). The first-order chi connectivity index (χ1) is 11.2. The second-order valence-corrected chi connectivity index (χ2v) is 7.10. The lowest BCUT2D eigenvalue weighted by Gasteiger charge is -2.31. The number of nitrogens with zero attached hydrogens (tertiary/aromatic N) is 4. The van der Waals surface area contributed by atoms with Crippen LogP contribution in [0.2, 0.25) is 0 Å². The molecule has 1 aliphatic rings. The smallest absolute Gasteiger partial charge is 0.377 e. The van der Waals surface area contributed by atoms with Crippen molar-refractivity contribution in [1.29, 1.82) is 0 Å². The molecule has 1 aliphatic heterocycles. The normalized spacial score (nSPS) is 22.2. The van der Waals surface area contributed by atoms with Crippen LogP contribution >= 0.6 is 0 Å². The Kier molecular flexibility index (Phi) is 4.15. The van der Waals surface area contributed by atoms with E-state index in [2.05, 4.69) is 41.4 Å². The summed E-state index contributed by atoms with van der Waals surface area (Å²) in [6, 6.07) is 3.07. The third-order valence-electron chi connectivity index (χ3n) is 4.13. The second kappa shape index (κ2) is 5.87. The number of halogens is 3. The Morgan fingerprint density at radius 1 is 1.25 bits per heavy atom. The van der Waals surface area contributed by atoms with E-state index in [0.29, 0.717) is 23.5 Å². The zero-order chi connectivity index (χ0) is 17.5. The van der Waals surface area contributed by atoms with Gasteiger partial charge >= 0.3 is 6.18 Å². The van der Waals surface area contributed by atoms with Crippen molar-refractivity contribution in [3.05, 3.63) is 18.0 Å². The van der Waals surface area contributed by atoms with Crippen LogP contribution in [-0.2, 0) is 10.9 Å². The molecular weight excluding hydrogens is 323 g/mol. The Balaban J connectivity index is 1.76. The topological polar surface area (TPSA) is 64.3 Å². The number of nitrogens with one attached hydrogen (secondary N) is 1. The Morgan fingerprint density at radius 2 is 2.00 bits per heavy atom. The minimum atomic E-state index is -4.60. The summed E-state index contributed by atoms with van der Waals surface area (Å²) < 4.78 is 45.2. The molecule has 0 amide bonds. The van der Waals surface area contributed by atoms with Crippen LogP contribution < -0.4 is 5.32 Å². The zero-order valence-electron chi connectivity index (χ0n) is 13.8. The average Bonchev–Trinajstić information content (AvgIpc) is 3.10. The third-order valence-corrected chi connectivity index (χ3v) is 4.13. The van der Waals surface area contributed by atoms with Gasteiger partial charge < -0.3 is 10.1 Å². The number of hydrogen-bond acceptors (Lipinski definition) is 5. The number of ether oxygens (including phenoxy) is 1. The van der Waals surface area contributed by atoms with Crippen molar-refractivity contribution in [2.45, 2.75) is 39.5 Å². The molecular formula is C15H20F3N5O. The molecule has 0 saturated carbocycles. The van der Waals surface area contributed by atoms with Gasteiger partial charge in [-0.2, -0.15) is 17.7 Å². The first-order valence-corrected chi connectivity index (χ1v) is 7.81. The lowest BCUT2D eigenvalue weighted by molar-refractivity contribution is -0.146. The SMILES string of the molecule is CC(C)(C)[C@H]1OCC[C@@H]1CNc1ccc2nnc(C(F)(F)F)n2n1. The van der Waals surface area contributed by atoms with E-state index in [4.69, 9.17) is 4.74 Å². The van der Waals surface area contributed by atoms with E-state index < -0.39 is 12.0 Å². The predicted octanol–water partition coefficient (Wildman–Crippen LogP) is 3.01. The molecule has 0 radical (unpaired) electrons. The Bertz CT molecular complexity index is 722. The Hall–Kier alpha value is -1.90. The molecule has 2 aromatic heterocycles. The maximum atomic E-state index is 12.9. The molecule has 2 aromatic rings. The number of alkyl halides is 3. The number of rotatable bonds is 3. The molecule has 0 bridgehead atoms. The molecule has 2 atom stereocenters. The van der Waals surface area contributed by atoms with Crippen molar-refractivity contribution in [2.24, 2.45) is 11.3 Å². The minimum Gasteiger partial charge on any atom is -0.377 e. The van der Waals surface area contributed by atoms with Crippen LogP contribution in [0.3, 0.4) is 0 Å². The van der Waals surface area contributed by atoms with Crippen LogP contribution in [0.4, 0.5) is 19.0 Å². The van der Waals surface area contributed by atoms with E-state index in [1.54, 1.807) is 6.07 Å². The average molecular weight is 343 g/mol. The molecule has 6 nitrogen and oxygen atoms in total. The number of aromatic nitrogens is 4. The highest BCUT2D eigenvalue weighted by Crippen LogP contribution is 2.34. The fourth-order valence-corrected chi connectivity index (χ4v) is 3.10. The molecule has 0 aromatic carbocycles. The molecule has 0 unspecified atom stereocenters. The standard InChI is InChI=1S/C15H20F3N5O/c1-14(2,3)12-9(6-7-24-12)8-19-10-4-5-11-20-21-13(15(16,17)18)23(11)22-10/h4-5,9,12H,6-8H2,1-3H3,(H,19,22)/t9-,12+/m1/s1. The van der Waals surface area contributed by atoms with Gasteiger partial charge in [0.25, 0.3) is 5.82 Å². The van der Waals surface area contributed by atoms with Gasteiger partial charge in [-0.25, -0.2) is 0 Å². The summed E-state index contributed by atoms with van der Waals surface area (Å²) in [6.07, 6.45) is -3.58. The maximum Gasteiger partial charge on any atom is 0.453 e. The summed E-state index contributed by atoms with van der Waals surface area (Å²) >= 11 is 0. The maximum absolute atomic E-state index is 12.9. The van der Waals surface area contributed by atoms with Crippen molar-refractivity contribution in [3.8, 4) is 0 Å². The van der Waals surface area contributed by atoms with Gasteiger partial charge in [0, 0.05) is 19.1 Å². The van der Waals surface area contributed by atoms with E-state index in [1.807, 2.05) is 0 Å². The highest BCUT2D eigenvalue weighted by atomic mass is 19.4. The highest BCUT2D eigenvalue weighted by molar-refractivity contribution is 5.44. The van der Waals surface area contributed by atoms with E-state index in [-0.39, 0.29) is 23.1 Å². The van der Waals surface area contributed by atoms with Gasteiger partial charge in [-0.3, -0.25) is 0 Å². The molecule has 1 fully saturated rings. The number of anilines is 1. The van der Waals surface area contributed by atoms with Crippen LogP contribution in [0.15, 0.2) is 12.1 Å². The molecule has 24 heavy (non-hydrogen) atoms. The summed E-state index contributed by atoms with van der Waals surface area (Å²) in [5, 5.41) is 13.7. The molecule has 3 heterocycles. The van der Waals surface area contributed by atoms with E-state index in [9.17, 15) is 13.2 Å².